The van der Waals surface area contributed by atoms with Crippen molar-refractivity contribution in [1.29, 1.82) is 0 Å². The van der Waals surface area contributed by atoms with Crippen LogP contribution in [0.1, 0.15) is 13.8 Å². The number of halogens is 1. The van der Waals surface area contributed by atoms with Crippen LogP contribution in [-0.4, -0.2) is 41.6 Å². The Morgan fingerprint density at radius 3 is 2.67 bits per heavy atom. The minimum Gasteiger partial charge on any atom is -0.489 e. The highest BCUT2D eigenvalue weighted by molar-refractivity contribution is 6.32. The lowest BCUT2D eigenvalue weighted by Crippen LogP contribution is -2.47. The van der Waals surface area contributed by atoms with Gasteiger partial charge in [0.25, 0.3) is 0 Å². The predicted octanol–water partition coefficient (Wildman–Crippen LogP) is 1.44. The first kappa shape index (κ1) is 15.2. The first-order chi connectivity index (χ1) is 8.44. The minimum absolute atomic E-state index is 0.00505. The maximum Gasteiger partial charge on any atom is 0.138 e. The summed E-state index contributed by atoms with van der Waals surface area (Å²) >= 11 is 5.92. The summed E-state index contributed by atoms with van der Waals surface area (Å²) < 4.78 is 5.41. The van der Waals surface area contributed by atoms with Crippen molar-refractivity contribution >= 4 is 11.6 Å². The third-order valence-electron chi connectivity index (χ3n) is 2.48. The Kier molecular flexibility index (Phi) is 5.88. The first-order valence-corrected chi connectivity index (χ1v) is 6.24. The SMILES string of the molecule is CC(C)(CO)NCC(O)COc1ccccc1Cl. The Balaban J connectivity index is 2.34. The third-order valence-corrected chi connectivity index (χ3v) is 2.79. The van der Waals surface area contributed by atoms with Gasteiger partial charge in [-0.05, 0) is 26.0 Å². The molecule has 0 saturated carbocycles. The third kappa shape index (κ3) is 5.23. The van der Waals surface area contributed by atoms with Crippen molar-refractivity contribution in [3.8, 4) is 5.75 Å². The smallest absolute Gasteiger partial charge is 0.138 e. The molecule has 0 saturated heterocycles. The van der Waals surface area contributed by atoms with E-state index in [-0.39, 0.29) is 13.2 Å². The lowest BCUT2D eigenvalue weighted by atomic mass is 10.1. The van der Waals surface area contributed by atoms with Crippen molar-refractivity contribution in [3.05, 3.63) is 29.3 Å². The fourth-order valence-corrected chi connectivity index (χ4v) is 1.45. The molecule has 0 heterocycles. The molecule has 0 aromatic heterocycles. The molecule has 1 unspecified atom stereocenters. The van der Waals surface area contributed by atoms with Crippen molar-refractivity contribution < 1.29 is 14.9 Å². The molecule has 1 aromatic rings. The Morgan fingerprint density at radius 2 is 2.06 bits per heavy atom. The van der Waals surface area contributed by atoms with E-state index in [2.05, 4.69) is 5.32 Å². The van der Waals surface area contributed by atoms with Crippen LogP contribution in [0.25, 0.3) is 0 Å². The van der Waals surface area contributed by atoms with E-state index in [1.165, 1.54) is 0 Å². The average molecular weight is 274 g/mol. The second-order valence-electron chi connectivity index (χ2n) is 4.82. The number of hydrogen-bond acceptors (Lipinski definition) is 4. The number of ether oxygens (including phenoxy) is 1. The van der Waals surface area contributed by atoms with Gasteiger partial charge in [-0.25, -0.2) is 0 Å². The van der Waals surface area contributed by atoms with Crippen molar-refractivity contribution in [2.45, 2.75) is 25.5 Å². The van der Waals surface area contributed by atoms with Gasteiger partial charge in [-0.15, -0.1) is 0 Å². The number of aliphatic hydroxyl groups excluding tert-OH is 2. The molecule has 0 bridgehead atoms. The lowest BCUT2D eigenvalue weighted by molar-refractivity contribution is 0.0907. The van der Waals surface area contributed by atoms with Gasteiger partial charge in [0.15, 0.2) is 0 Å². The summed E-state index contributed by atoms with van der Waals surface area (Å²) in [5.41, 5.74) is -0.411. The van der Waals surface area contributed by atoms with E-state index in [0.29, 0.717) is 17.3 Å². The Hall–Kier alpha value is -0.810. The van der Waals surface area contributed by atoms with Gasteiger partial charge in [-0.2, -0.15) is 0 Å². The zero-order valence-electron chi connectivity index (χ0n) is 10.7. The van der Waals surface area contributed by atoms with Gasteiger partial charge in [-0.1, -0.05) is 23.7 Å². The fourth-order valence-electron chi connectivity index (χ4n) is 1.26. The monoisotopic (exact) mass is 273 g/mol. The van der Waals surface area contributed by atoms with Crippen LogP contribution in [0.5, 0.6) is 5.75 Å². The van der Waals surface area contributed by atoms with Crippen LogP contribution in [0.2, 0.25) is 5.02 Å². The summed E-state index contributed by atoms with van der Waals surface area (Å²) in [6.45, 7) is 4.21. The number of para-hydroxylation sites is 1. The quantitative estimate of drug-likeness (QED) is 0.704. The van der Waals surface area contributed by atoms with Crippen LogP contribution >= 0.6 is 11.6 Å². The van der Waals surface area contributed by atoms with Crippen LogP contribution in [0.15, 0.2) is 24.3 Å². The van der Waals surface area contributed by atoms with Crippen LogP contribution in [-0.2, 0) is 0 Å². The van der Waals surface area contributed by atoms with E-state index in [9.17, 15) is 5.11 Å². The lowest BCUT2D eigenvalue weighted by Gasteiger charge is -2.25. The van der Waals surface area contributed by atoms with Gasteiger partial charge in [0.2, 0.25) is 0 Å². The largest absolute Gasteiger partial charge is 0.489 e. The Morgan fingerprint density at radius 1 is 1.39 bits per heavy atom. The number of nitrogens with one attached hydrogen (secondary N) is 1. The van der Waals surface area contributed by atoms with Crippen molar-refractivity contribution in [1.82, 2.24) is 5.32 Å². The first-order valence-electron chi connectivity index (χ1n) is 5.86. The summed E-state index contributed by atoms with van der Waals surface area (Å²) in [7, 11) is 0. The molecule has 1 aromatic carbocycles. The number of β-amino-alcohol motifs (C(OH)–C–C–N with tert-alkyl or cyclic N) is 1. The molecule has 3 N–H and O–H groups in total. The highest BCUT2D eigenvalue weighted by Gasteiger charge is 2.17. The van der Waals surface area contributed by atoms with Crippen molar-refractivity contribution in [2.75, 3.05) is 19.8 Å². The van der Waals surface area contributed by atoms with Gasteiger partial charge in [0, 0.05) is 12.1 Å². The molecule has 0 aliphatic carbocycles. The van der Waals surface area contributed by atoms with Gasteiger partial charge in [0.1, 0.15) is 18.5 Å². The molecule has 0 amide bonds. The second-order valence-corrected chi connectivity index (χ2v) is 5.23. The van der Waals surface area contributed by atoms with Gasteiger partial charge in [-0.3, -0.25) is 0 Å². The standard InChI is InChI=1S/C13H20ClNO3/c1-13(2,9-16)15-7-10(17)8-18-12-6-4-3-5-11(12)14/h3-6,10,15-17H,7-9H2,1-2H3. The summed E-state index contributed by atoms with van der Waals surface area (Å²) in [6, 6.07) is 7.12. The molecule has 18 heavy (non-hydrogen) atoms. The van der Waals surface area contributed by atoms with E-state index < -0.39 is 11.6 Å². The molecular formula is C13H20ClNO3. The van der Waals surface area contributed by atoms with Crippen LogP contribution < -0.4 is 10.1 Å². The molecule has 0 aliphatic rings. The van der Waals surface area contributed by atoms with E-state index in [1.807, 2.05) is 26.0 Å². The summed E-state index contributed by atoms with van der Waals surface area (Å²) in [6.07, 6.45) is -0.660. The van der Waals surface area contributed by atoms with Crippen molar-refractivity contribution in [2.24, 2.45) is 0 Å². The molecule has 5 heteroatoms. The Labute approximate surface area is 113 Å². The zero-order valence-corrected chi connectivity index (χ0v) is 11.4. The van der Waals surface area contributed by atoms with E-state index in [4.69, 9.17) is 21.4 Å². The molecule has 0 radical (unpaired) electrons. The molecule has 4 nitrogen and oxygen atoms in total. The van der Waals surface area contributed by atoms with E-state index in [1.54, 1.807) is 12.1 Å². The fraction of sp³-hybridized carbons (Fsp3) is 0.538. The van der Waals surface area contributed by atoms with Crippen LogP contribution in [0.3, 0.4) is 0 Å². The molecule has 1 rings (SSSR count). The maximum atomic E-state index is 9.75. The van der Waals surface area contributed by atoms with Crippen molar-refractivity contribution in [3.63, 3.8) is 0 Å². The Bertz CT molecular complexity index is 371. The zero-order chi connectivity index (χ0) is 13.6. The number of rotatable bonds is 7. The number of benzene rings is 1. The number of aliphatic hydroxyl groups is 2. The normalized spacial score (nSPS) is 13.4. The van der Waals surface area contributed by atoms with Crippen LogP contribution in [0, 0.1) is 0 Å². The molecule has 0 spiro atoms. The van der Waals surface area contributed by atoms with Crippen LogP contribution in [0.4, 0.5) is 0 Å². The molecule has 1 atom stereocenters. The summed E-state index contributed by atoms with van der Waals surface area (Å²) in [5.74, 6) is 0.555. The minimum atomic E-state index is -0.660. The highest BCUT2D eigenvalue weighted by atomic mass is 35.5. The van der Waals surface area contributed by atoms with E-state index in [0.717, 1.165) is 0 Å². The topological polar surface area (TPSA) is 61.7 Å². The molecular weight excluding hydrogens is 254 g/mol. The average Bonchev–Trinajstić information content (AvgIpc) is 2.35. The van der Waals surface area contributed by atoms with Gasteiger partial charge in [0.05, 0.1) is 11.6 Å². The predicted molar refractivity (Wildman–Crippen MR) is 72.1 cm³/mol. The van der Waals surface area contributed by atoms with Gasteiger partial charge >= 0.3 is 0 Å². The summed E-state index contributed by atoms with van der Waals surface area (Å²) in [4.78, 5) is 0. The highest BCUT2D eigenvalue weighted by Crippen LogP contribution is 2.23. The number of hydrogen-bond donors (Lipinski definition) is 3. The maximum absolute atomic E-state index is 9.75. The second kappa shape index (κ2) is 6.95. The molecule has 102 valence electrons. The van der Waals surface area contributed by atoms with E-state index >= 15 is 0 Å². The molecule has 0 fully saturated rings. The van der Waals surface area contributed by atoms with Gasteiger partial charge < -0.3 is 20.3 Å². The molecule has 0 aliphatic heterocycles. The summed E-state index contributed by atoms with van der Waals surface area (Å²) in [5, 5.41) is 22.4.